The number of H-pyrrole nitrogens is 2. The molecule has 0 atom stereocenters. The number of rotatable bonds is 8. The Morgan fingerprint density at radius 3 is 2.62 bits per heavy atom. The molecule has 7 heteroatoms. The summed E-state index contributed by atoms with van der Waals surface area (Å²) in [5, 5.41) is 12.4. The van der Waals surface area contributed by atoms with Crippen molar-refractivity contribution in [2.45, 2.75) is 27.2 Å². The van der Waals surface area contributed by atoms with Gasteiger partial charge in [-0.05, 0) is 72.5 Å². The van der Waals surface area contributed by atoms with Crippen LogP contribution >= 0.6 is 0 Å². The number of fused-ring (bicyclic) bond motifs is 2. The van der Waals surface area contributed by atoms with E-state index in [9.17, 15) is 9.18 Å². The molecule has 0 radical (unpaired) electrons. The molecule has 1 amide bonds. The van der Waals surface area contributed by atoms with Crippen molar-refractivity contribution in [1.29, 1.82) is 0 Å². The van der Waals surface area contributed by atoms with Gasteiger partial charge in [0, 0.05) is 40.2 Å². The summed E-state index contributed by atoms with van der Waals surface area (Å²) in [4.78, 5) is 20.2. The monoisotopic (exact) mass is 519 g/mol. The smallest absolute Gasteiger partial charge is 0.224 e. The fraction of sp³-hybridized carbons (Fsp3) is 0.156. The molecule has 0 spiro atoms. The van der Waals surface area contributed by atoms with Gasteiger partial charge in [-0.1, -0.05) is 44.7 Å². The van der Waals surface area contributed by atoms with Crippen LogP contribution in [0.4, 0.5) is 4.39 Å². The van der Waals surface area contributed by atoms with Crippen LogP contribution in [0.15, 0.2) is 91.3 Å². The predicted molar refractivity (Wildman–Crippen MR) is 156 cm³/mol. The van der Waals surface area contributed by atoms with Gasteiger partial charge in [0.05, 0.1) is 16.9 Å². The van der Waals surface area contributed by atoms with Crippen LogP contribution in [0.1, 0.15) is 32.8 Å². The van der Waals surface area contributed by atoms with Crippen molar-refractivity contribution in [3.05, 3.63) is 103 Å². The Balaban J connectivity index is 1.54. The Hall–Kier alpha value is -4.78. The van der Waals surface area contributed by atoms with Gasteiger partial charge in [-0.2, -0.15) is 5.10 Å². The van der Waals surface area contributed by atoms with Gasteiger partial charge in [-0.15, -0.1) is 0 Å². The highest BCUT2D eigenvalue weighted by molar-refractivity contribution is 6.00. The summed E-state index contributed by atoms with van der Waals surface area (Å²) in [5.41, 5.74) is 6.84. The number of nitrogens with one attached hydrogen (secondary N) is 3. The third kappa shape index (κ3) is 5.29. The van der Waals surface area contributed by atoms with Crippen molar-refractivity contribution in [3.8, 4) is 22.6 Å². The van der Waals surface area contributed by atoms with E-state index in [1.165, 1.54) is 6.07 Å². The van der Waals surface area contributed by atoms with E-state index in [2.05, 4.69) is 38.1 Å². The number of pyridine rings is 1. The van der Waals surface area contributed by atoms with E-state index in [1.807, 2.05) is 57.2 Å². The number of aromatic amines is 2. The molecule has 3 aromatic heterocycles. The molecule has 0 unspecified atom stereocenters. The van der Waals surface area contributed by atoms with Crippen molar-refractivity contribution in [3.63, 3.8) is 0 Å². The summed E-state index contributed by atoms with van der Waals surface area (Å²) >= 11 is 0. The van der Waals surface area contributed by atoms with Gasteiger partial charge in [0.15, 0.2) is 0 Å². The van der Waals surface area contributed by atoms with E-state index in [-0.39, 0.29) is 17.6 Å². The van der Waals surface area contributed by atoms with Crippen LogP contribution < -0.4 is 5.32 Å². The molecule has 0 saturated carbocycles. The number of aromatic nitrogens is 4. The fourth-order valence-electron chi connectivity index (χ4n) is 4.68. The molecule has 3 heterocycles. The molecule has 0 aliphatic rings. The Bertz CT molecular complexity index is 1760. The van der Waals surface area contributed by atoms with Crippen molar-refractivity contribution in [1.82, 2.24) is 25.5 Å². The Morgan fingerprint density at radius 2 is 1.87 bits per heavy atom. The highest BCUT2D eigenvalue weighted by Gasteiger charge is 2.16. The number of benzene rings is 2. The second kappa shape index (κ2) is 10.9. The first kappa shape index (κ1) is 25.9. The number of carbonyl (C=O) groups is 1. The summed E-state index contributed by atoms with van der Waals surface area (Å²) in [7, 11) is 0. The lowest BCUT2D eigenvalue weighted by atomic mass is 10.0. The quantitative estimate of drug-likeness (QED) is 0.185. The van der Waals surface area contributed by atoms with Crippen LogP contribution in [0.5, 0.6) is 0 Å². The number of allylic oxidation sites excluding steroid dienone is 4. The minimum Gasteiger partial charge on any atom is -0.353 e. The maximum atomic E-state index is 14.6. The maximum absolute atomic E-state index is 14.6. The number of hydrogen-bond donors (Lipinski definition) is 3. The van der Waals surface area contributed by atoms with Gasteiger partial charge < -0.3 is 10.3 Å². The van der Waals surface area contributed by atoms with Gasteiger partial charge in [0.25, 0.3) is 0 Å². The second-order valence-electron chi connectivity index (χ2n) is 9.81. The highest BCUT2D eigenvalue weighted by atomic mass is 19.1. The lowest BCUT2D eigenvalue weighted by Gasteiger charge is -2.10. The molecule has 0 fully saturated rings. The van der Waals surface area contributed by atoms with E-state index >= 15 is 0 Å². The van der Waals surface area contributed by atoms with Crippen LogP contribution in [-0.2, 0) is 4.79 Å². The molecule has 0 aliphatic carbocycles. The standard InChI is InChI=1S/C32H30FN5O/c1-5-20(16-22(6-2)35-30(39)15-19(3)4)21-11-12-28-24(17-21)32(38-37-28)29-18-25-27(36-29)13-14-34-31(25)23-9-7-8-10-26(23)33/h5-14,16-19,36H,2,15H2,1,3-4H3,(H,35,39)(H,37,38)/b20-5+,22-16+. The molecule has 6 nitrogen and oxygen atoms in total. The lowest BCUT2D eigenvalue weighted by Crippen LogP contribution is -2.23. The van der Waals surface area contributed by atoms with Gasteiger partial charge in [0.1, 0.15) is 11.5 Å². The molecule has 196 valence electrons. The molecule has 2 aromatic carbocycles. The minimum absolute atomic E-state index is 0.0396. The van der Waals surface area contributed by atoms with Crippen molar-refractivity contribution >= 4 is 33.3 Å². The second-order valence-corrected chi connectivity index (χ2v) is 9.81. The molecule has 39 heavy (non-hydrogen) atoms. The Kier molecular flexibility index (Phi) is 7.23. The summed E-state index contributed by atoms with van der Waals surface area (Å²) in [5.74, 6) is -0.0917. The molecular weight excluding hydrogens is 489 g/mol. The topological polar surface area (TPSA) is 86.5 Å². The highest BCUT2D eigenvalue weighted by Crippen LogP contribution is 2.34. The molecule has 5 aromatic rings. The first-order valence-electron chi connectivity index (χ1n) is 12.9. The number of hydrogen-bond acceptors (Lipinski definition) is 3. The summed E-state index contributed by atoms with van der Waals surface area (Å²) in [6.07, 6.45) is 7.68. The zero-order valence-electron chi connectivity index (χ0n) is 22.2. The third-order valence-corrected chi connectivity index (χ3v) is 6.55. The number of halogens is 1. The van der Waals surface area contributed by atoms with E-state index < -0.39 is 0 Å². The zero-order valence-corrected chi connectivity index (χ0v) is 22.2. The van der Waals surface area contributed by atoms with Crippen molar-refractivity contribution in [2.75, 3.05) is 0 Å². The zero-order chi connectivity index (χ0) is 27.5. The lowest BCUT2D eigenvalue weighted by molar-refractivity contribution is -0.121. The van der Waals surface area contributed by atoms with Gasteiger partial charge in [0.2, 0.25) is 5.91 Å². The largest absolute Gasteiger partial charge is 0.353 e. The number of amides is 1. The summed E-state index contributed by atoms with van der Waals surface area (Å²) in [6.45, 7) is 9.84. The van der Waals surface area contributed by atoms with Crippen molar-refractivity contribution < 1.29 is 9.18 Å². The van der Waals surface area contributed by atoms with Crippen molar-refractivity contribution in [2.24, 2.45) is 5.92 Å². The molecule has 5 rings (SSSR count). The molecule has 0 aliphatic heterocycles. The van der Waals surface area contributed by atoms with E-state index in [1.54, 1.807) is 30.5 Å². The average molecular weight is 520 g/mol. The van der Waals surface area contributed by atoms with Crippen LogP contribution in [-0.4, -0.2) is 26.1 Å². The number of nitrogens with zero attached hydrogens (tertiary/aromatic N) is 2. The fourth-order valence-corrected chi connectivity index (χ4v) is 4.68. The van der Waals surface area contributed by atoms with Crippen LogP contribution in [0.25, 0.3) is 50.0 Å². The summed E-state index contributed by atoms with van der Waals surface area (Å²) < 4.78 is 14.6. The molecule has 0 bridgehead atoms. The molecule has 3 N–H and O–H groups in total. The first-order chi connectivity index (χ1) is 18.9. The SMILES string of the molecule is C=C/C(=C\C(=C/C)c1ccc2[nH]nc(-c3cc4c(-c5ccccc5F)nccc4[nH]3)c2c1)NC(=O)CC(C)C. The van der Waals surface area contributed by atoms with Gasteiger partial charge in [-0.25, -0.2) is 4.39 Å². The maximum Gasteiger partial charge on any atom is 0.224 e. The van der Waals surface area contributed by atoms with Crippen LogP contribution in [0.3, 0.4) is 0 Å². The minimum atomic E-state index is -0.318. The van der Waals surface area contributed by atoms with E-state index in [4.69, 9.17) is 0 Å². The Labute approximate surface area is 226 Å². The molecular formula is C32H30FN5O. The van der Waals surface area contributed by atoms with Crippen LogP contribution in [0, 0.1) is 11.7 Å². The van der Waals surface area contributed by atoms with E-state index in [0.29, 0.717) is 23.4 Å². The Morgan fingerprint density at radius 1 is 1.08 bits per heavy atom. The van der Waals surface area contributed by atoms with Crippen LogP contribution in [0.2, 0.25) is 0 Å². The molecule has 0 saturated heterocycles. The van der Waals surface area contributed by atoms with E-state index in [0.717, 1.165) is 44.3 Å². The number of carbonyl (C=O) groups excluding carboxylic acids is 1. The third-order valence-electron chi connectivity index (χ3n) is 6.55. The normalized spacial score (nSPS) is 12.4. The predicted octanol–water partition coefficient (Wildman–Crippen LogP) is 7.55. The van der Waals surface area contributed by atoms with Gasteiger partial charge >= 0.3 is 0 Å². The first-order valence-corrected chi connectivity index (χ1v) is 12.9. The van der Waals surface area contributed by atoms with Gasteiger partial charge in [-0.3, -0.25) is 14.9 Å². The average Bonchev–Trinajstić information content (AvgIpc) is 3.54. The summed E-state index contributed by atoms with van der Waals surface area (Å²) in [6, 6.07) is 16.5.